The lowest BCUT2D eigenvalue weighted by Gasteiger charge is -2.33. The van der Waals surface area contributed by atoms with Gasteiger partial charge in [0.2, 0.25) is 0 Å². The monoisotopic (exact) mass is 234 g/mol. The van der Waals surface area contributed by atoms with E-state index in [9.17, 15) is 5.26 Å². The van der Waals surface area contributed by atoms with Gasteiger partial charge in [0, 0.05) is 6.54 Å². The summed E-state index contributed by atoms with van der Waals surface area (Å²) in [6.45, 7) is 0.799. The summed E-state index contributed by atoms with van der Waals surface area (Å²) in [5, 5.41) is 9.32. The van der Waals surface area contributed by atoms with Crippen LogP contribution in [-0.2, 0) is 6.42 Å². The van der Waals surface area contributed by atoms with Crippen LogP contribution in [-0.4, -0.2) is 11.4 Å². The molecule has 2 aromatic carbocycles. The van der Waals surface area contributed by atoms with Crippen LogP contribution >= 0.6 is 0 Å². The molecule has 2 heteroatoms. The highest BCUT2D eigenvalue weighted by Crippen LogP contribution is 2.34. The second kappa shape index (κ2) is 4.54. The van der Waals surface area contributed by atoms with Gasteiger partial charge in [-0.3, -0.25) is 4.90 Å². The van der Waals surface area contributed by atoms with Gasteiger partial charge in [0.1, 0.15) is 0 Å². The molecule has 1 atom stereocenters. The van der Waals surface area contributed by atoms with Gasteiger partial charge >= 0.3 is 0 Å². The van der Waals surface area contributed by atoms with E-state index in [1.165, 1.54) is 16.7 Å². The molecule has 0 aliphatic carbocycles. The van der Waals surface area contributed by atoms with Crippen molar-refractivity contribution in [3.63, 3.8) is 0 Å². The van der Waals surface area contributed by atoms with E-state index in [-0.39, 0.29) is 6.04 Å². The normalized spacial score (nSPS) is 17.9. The molecule has 0 spiro atoms. The number of benzene rings is 2. The van der Waals surface area contributed by atoms with Crippen LogP contribution in [0.25, 0.3) is 0 Å². The Kier molecular flexibility index (Phi) is 2.74. The minimum absolute atomic E-state index is 0.0705. The van der Waals surface area contributed by atoms with Crippen molar-refractivity contribution in [3.8, 4) is 6.19 Å². The van der Waals surface area contributed by atoms with E-state index in [1.807, 2.05) is 23.1 Å². The van der Waals surface area contributed by atoms with E-state index in [0.717, 1.165) is 13.0 Å². The van der Waals surface area contributed by atoms with Gasteiger partial charge in [-0.25, -0.2) is 0 Å². The summed E-state index contributed by atoms with van der Waals surface area (Å²) in [7, 11) is 0. The summed E-state index contributed by atoms with van der Waals surface area (Å²) in [4.78, 5) is 1.87. The lowest BCUT2D eigenvalue weighted by Crippen LogP contribution is -2.32. The predicted octanol–water partition coefficient (Wildman–Crippen LogP) is 3.12. The van der Waals surface area contributed by atoms with Crippen molar-refractivity contribution in [1.29, 1.82) is 5.26 Å². The zero-order valence-corrected chi connectivity index (χ0v) is 10.1. The van der Waals surface area contributed by atoms with E-state index >= 15 is 0 Å². The Labute approximate surface area is 107 Å². The summed E-state index contributed by atoms with van der Waals surface area (Å²) in [5.41, 5.74) is 3.81. The average molecular weight is 234 g/mol. The maximum absolute atomic E-state index is 9.32. The largest absolute Gasteiger partial charge is 0.298 e. The van der Waals surface area contributed by atoms with Gasteiger partial charge in [-0.2, -0.15) is 5.26 Å². The minimum atomic E-state index is 0.0705. The molecule has 1 aliphatic rings. The fraction of sp³-hybridized carbons (Fsp3) is 0.188. The quantitative estimate of drug-likeness (QED) is 0.709. The summed E-state index contributed by atoms with van der Waals surface area (Å²) < 4.78 is 0. The first kappa shape index (κ1) is 10.9. The molecular weight excluding hydrogens is 220 g/mol. The van der Waals surface area contributed by atoms with Gasteiger partial charge in [0.15, 0.2) is 6.19 Å². The number of fused-ring (bicyclic) bond motifs is 1. The van der Waals surface area contributed by atoms with Gasteiger partial charge in [-0.15, -0.1) is 0 Å². The fourth-order valence-electron chi connectivity index (χ4n) is 2.67. The Morgan fingerprint density at radius 3 is 2.50 bits per heavy atom. The molecule has 1 heterocycles. The summed E-state index contributed by atoms with van der Waals surface area (Å²) >= 11 is 0. The molecule has 0 amide bonds. The van der Waals surface area contributed by atoms with E-state index in [2.05, 4.69) is 42.6 Å². The fourth-order valence-corrected chi connectivity index (χ4v) is 2.67. The Hall–Kier alpha value is -2.27. The van der Waals surface area contributed by atoms with Gasteiger partial charge in [-0.05, 0) is 23.1 Å². The van der Waals surface area contributed by atoms with Crippen molar-refractivity contribution in [2.45, 2.75) is 12.5 Å². The lowest BCUT2D eigenvalue weighted by molar-refractivity contribution is 0.315. The Balaban J connectivity index is 2.13. The first-order valence-electron chi connectivity index (χ1n) is 6.19. The highest BCUT2D eigenvalue weighted by molar-refractivity contribution is 5.40. The van der Waals surface area contributed by atoms with Crippen LogP contribution < -0.4 is 0 Å². The van der Waals surface area contributed by atoms with Crippen molar-refractivity contribution in [2.75, 3.05) is 6.54 Å². The van der Waals surface area contributed by atoms with Gasteiger partial charge < -0.3 is 0 Å². The Bertz CT molecular complexity index is 584. The third kappa shape index (κ3) is 1.74. The van der Waals surface area contributed by atoms with Crippen LogP contribution in [0.1, 0.15) is 22.7 Å². The average Bonchev–Trinajstić information content (AvgIpc) is 2.47. The number of nitrogens with zero attached hydrogens (tertiary/aromatic N) is 2. The zero-order valence-electron chi connectivity index (χ0n) is 10.1. The molecule has 0 saturated carbocycles. The first-order chi connectivity index (χ1) is 8.90. The summed E-state index contributed by atoms with van der Waals surface area (Å²) in [6.07, 6.45) is 3.28. The second-order valence-electron chi connectivity index (χ2n) is 4.56. The number of rotatable bonds is 1. The molecule has 88 valence electrons. The summed E-state index contributed by atoms with van der Waals surface area (Å²) in [5.74, 6) is 0. The smallest absolute Gasteiger partial charge is 0.180 e. The second-order valence-corrected chi connectivity index (χ2v) is 4.56. The van der Waals surface area contributed by atoms with Gasteiger partial charge in [-0.1, -0.05) is 54.6 Å². The first-order valence-corrected chi connectivity index (χ1v) is 6.19. The van der Waals surface area contributed by atoms with Crippen molar-refractivity contribution in [3.05, 3.63) is 71.3 Å². The number of hydrogen-bond acceptors (Lipinski definition) is 2. The topological polar surface area (TPSA) is 27.0 Å². The molecule has 2 nitrogen and oxygen atoms in total. The van der Waals surface area contributed by atoms with Crippen LogP contribution in [0.5, 0.6) is 0 Å². The Morgan fingerprint density at radius 2 is 1.72 bits per heavy atom. The van der Waals surface area contributed by atoms with Crippen molar-refractivity contribution < 1.29 is 0 Å². The van der Waals surface area contributed by atoms with E-state index in [1.54, 1.807) is 0 Å². The van der Waals surface area contributed by atoms with Crippen molar-refractivity contribution in [1.82, 2.24) is 4.90 Å². The van der Waals surface area contributed by atoms with Crippen molar-refractivity contribution >= 4 is 0 Å². The third-order valence-electron chi connectivity index (χ3n) is 3.53. The number of hydrogen-bond donors (Lipinski definition) is 0. The SMILES string of the molecule is N#CN1CCc2ccccc2C1c1ccccc1. The molecule has 0 N–H and O–H groups in total. The van der Waals surface area contributed by atoms with Crippen LogP contribution in [0, 0.1) is 11.5 Å². The van der Waals surface area contributed by atoms with Crippen LogP contribution in [0.2, 0.25) is 0 Å². The van der Waals surface area contributed by atoms with E-state index in [0.29, 0.717) is 0 Å². The molecule has 3 rings (SSSR count). The lowest BCUT2D eigenvalue weighted by atomic mass is 9.89. The van der Waals surface area contributed by atoms with Gasteiger partial charge in [0.25, 0.3) is 0 Å². The molecule has 18 heavy (non-hydrogen) atoms. The van der Waals surface area contributed by atoms with Crippen molar-refractivity contribution in [2.24, 2.45) is 0 Å². The molecule has 1 aliphatic heterocycles. The predicted molar refractivity (Wildman–Crippen MR) is 70.8 cm³/mol. The zero-order chi connectivity index (χ0) is 12.4. The van der Waals surface area contributed by atoms with Crippen LogP contribution in [0.3, 0.4) is 0 Å². The molecule has 0 saturated heterocycles. The van der Waals surface area contributed by atoms with E-state index in [4.69, 9.17) is 0 Å². The molecule has 0 radical (unpaired) electrons. The van der Waals surface area contributed by atoms with Crippen LogP contribution in [0.15, 0.2) is 54.6 Å². The maximum atomic E-state index is 9.32. The Morgan fingerprint density at radius 1 is 1.00 bits per heavy atom. The molecule has 2 aromatic rings. The molecule has 0 bridgehead atoms. The molecular formula is C16H14N2. The number of nitriles is 1. The molecule has 1 unspecified atom stereocenters. The van der Waals surface area contributed by atoms with E-state index < -0.39 is 0 Å². The highest BCUT2D eigenvalue weighted by atomic mass is 15.2. The summed E-state index contributed by atoms with van der Waals surface area (Å²) in [6, 6.07) is 18.8. The maximum Gasteiger partial charge on any atom is 0.180 e. The molecule has 0 fully saturated rings. The minimum Gasteiger partial charge on any atom is -0.298 e. The van der Waals surface area contributed by atoms with Crippen LogP contribution in [0.4, 0.5) is 0 Å². The van der Waals surface area contributed by atoms with Gasteiger partial charge in [0.05, 0.1) is 6.04 Å². The standard InChI is InChI=1S/C16H14N2/c17-12-18-11-10-13-6-4-5-9-15(13)16(18)14-7-2-1-3-8-14/h1-9,16H,10-11H2. The molecule has 0 aromatic heterocycles. The highest BCUT2D eigenvalue weighted by Gasteiger charge is 2.27. The third-order valence-corrected chi connectivity index (χ3v) is 3.53.